The number of carbonyl (C=O) groups excluding carboxylic acids is 1. The predicted octanol–water partition coefficient (Wildman–Crippen LogP) is 5.44. The lowest BCUT2D eigenvalue weighted by molar-refractivity contribution is 0.0955. The van der Waals surface area contributed by atoms with Crippen LogP contribution in [0, 0.1) is 0 Å². The second-order valence-corrected chi connectivity index (χ2v) is 7.37. The van der Waals surface area contributed by atoms with Crippen molar-refractivity contribution in [3.63, 3.8) is 0 Å². The molecule has 4 aromatic rings. The number of nitrogens with one attached hydrogen (secondary N) is 1. The molecule has 0 spiro atoms. The van der Waals surface area contributed by atoms with Crippen LogP contribution < -0.4 is 10.1 Å². The van der Waals surface area contributed by atoms with Gasteiger partial charge in [0.15, 0.2) is 0 Å². The van der Waals surface area contributed by atoms with Gasteiger partial charge in [-0.15, -0.1) is 0 Å². The van der Waals surface area contributed by atoms with Crippen LogP contribution in [0.2, 0.25) is 5.02 Å². The molecule has 0 bridgehead atoms. The molecule has 30 heavy (non-hydrogen) atoms. The molecule has 0 aliphatic rings. The summed E-state index contributed by atoms with van der Waals surface area (Å²) in [5.41, 5.74) is 3.44. The fraction of sp³-hybridized carbons (Fsp3) is 0.120. The molecular formula is C25H21ClN2O2. The van der Waals surface area contributed by atoms with Crippen molar-refractivity contribution in [1.82, 2.24) is 10.3 Å². The van der Waals surface area contributed by atoms with Crippen LogP contribution in [0.5, 0.6) is 5.88 Å². The van der Waals surface area contributed by atoms with Gasteiger partial charge in [-0.2, -0.15) is 0 Å². The van der Waals surface area contributed by atoms with E-state index in [0.717, 1.165) is 28.5 Å². The summed E-state index contributed by atoms with van der Waals surface area (Å²) in [5.74, 6) is 0.285. The molecule has 1 N–H and O–H groups in total. The van der Waals surface area contributed by atoms with Gasteiger partial charge in [0.2, 0.25) is 5.88 Å². The molecular weight excluding hydrogens is 396 g/mol. The van der Waals surface area contributed by atoms with E-state index in [4.69, 9.17) is 16.3 Å². The molecule has 0 saturated heterocycles. The molecule has 4 rings (SSSR count). The topological polar surface area (TPSA) is 51.2 Å². The first kappa shape index (κ1) is 19.9. The van der Waals surface area contributed by atoms with Crippen molar-refractivity contribution in [1.29, 1.82) is 0 Å². The Morgan fingerprint density at radius 1 is 0.900 bits per heavy atom. The van der Waals surface area contributed by atoms with Crippen molar-refractivity contribution in [2.24, 2.45) is 0 Å². The summed E-state index contributed by atoms with van der Waals surface area (Å²) in [6, 6.07) is 26.8. The van der Waals surface area contributed by atoms with E-state index in [2.05, 4.69) is 10.3 Å². The minimum absolute atomic E-state index is 0.146. The average molecular weight is 417 g/mol. The number of nitrogens with zero attached hydrogens (tertiary/aromatic N) is 1. The third-order valence-electron chi connectivity index (χ3n) is 4.78. The van der Waals surface area contributed by atoms with Crippen LogP contribution in [0.15, 0.2) is 84.9 Å². The van der Waals surface area contributed by atoms with Crippen molar-refractivity contribution >= 4 is 28.4 Å². The van der Waals surface area contributed by atoms with Gasteiger partial charge < -0.3 is 10.1 Å². The summed E-state index contributed by atoms with van der Waals surface area (Å²) >= 11 is 5.92. The molecule has 1 amide bonds. The van der Waals surface area contributed by atoms with E-state index in [-0.39, 0.29) is 5.91 Å². The lowest BCUT2D eigenvalue weighted by Gasteiger charge is -2.11. The third-order valence-corrected chi connectivity index (χ3v) is 5.03. The van der Waals surface area contributed by atoms with Gasteiger partial charge in [0.1, 0.15) is 6.61 Å². The van der Waals surface area contributed by atoms with E-state index < -0.39 is 0 Å². The number of amides is 1. The Bertz CT molecular complexity index is 1140. The molecule has 0 atom stereocenters. The summed E-state index contributed by atoms with van der Waals surface area (Å²) in [6.45, 7) is 0.918. The van der Waals surface area contributed by atoms with Gasteiger partial charge in [-0.05, 0) is 35.7 Å². The Hall–Kier alpha value is -3.37. The number of rotatable bonds is 7. The van der Waals surface area contributed by atoms with E-state index in [1.165, 1.54) is 0 Å². The summed E-state index contributed by atoms with van der Waals surface area (Å²) in [7, 11) is 0. The quantitative estimate of drug-likeness (QED) is 0.436. The first-order valence-corrected chi connectivity index (χ1v) is 10.2. The van der Waals surface area contributed by atoms with Crippen LogP contribution in [0.4, 0.5) is 0 Å². The Morgan fingerprint density at radius 3 is 2.43 bits per heavy atom. The monoisotopic (exact) mass is 416 g/mol. The second-order valence-electron chi connectivity index (χ2n) is 6.93. The largest absolute Gasteiger partial charge is 0.473 e. The van der Waals surface area contributed by atoms with E-state index in [9.17, 15) is 4.79 Å². The molecule has 3 aromatic carbocycles. The fourth-order valence-electron chi connectivity index (χ4n) is 3.21. The molecule has 0 unspecified atom stereocenters. The minimum Gasteiger partial charge on any atom is -0.473 e. The standard InChI is InChI=1S/C25H21ClN2O2/c26-20-12-10-18(11-13-20)14-15-27-25(29)22-16-24(28-23-9-5-4-8-21(22)23)30-17-19-6-2-1-3-7-19/h1-13,16H,14-15,17H2,(H,27,29). The predicted molar refractivity (Wildman–Crippen MR) is 120 cm³/mol. The zero-order chi connectivity index (χ0) is 20.8. The normalized spacial score (nSPS) is 10.7. The zero-order valence-electron chi connectivity index (χ0n) is 16.3. The summed E-state index contributed by atoms with van der Waals surface area (Å²) in [5, 5.41) is 4.50. The fourth-order valence-corrected chi connectivity index (χ4v) is 3.34. The van der Waals surface area contributed by atoms with Crippen molar-refractivity contribution in [2.45, 2.75) is 13.0 Å². The number of pyridine rings is 1. The number of fused-ring (bicyclic) bond motifs is 1. The summed E-state index contributed by atoms with van der Waals surface area (Å²) in [6.07, 6.45) is 0.725. The maximum atomic E-state index is 12.9. The first-order valence-electron chi connectivity index (χ1n) is 9.78. The van der Waals surface area contributed by atoms with E-state index in [0.29, 0.717) is 29.6 Å². The van der Waals surface area contributed by atoms with Crippen LogP contribution in [0.1, 0.15) is 21.5 Å². The van der Waals surface area contributed by atoms with Crippen molar-refractivity contribution in [3.8, 4) is 5.88 Å². The molecule has 0 saturated carbocycles. The van der Waals surface area contributed by atoms with Gasteiger partial charge in [0, 0.05) is 23.0 Å². The van der Waals surface area contributed by atoms with Crippen molar-refractivity contribution in [2.75, 3.05) is 6.54 Å². The molecule has 4 nitrogen and oxygen atoms in total. The van der Waals surface area contributed by atoms with Gasteiger partial charge in [0.25, 0.3) is 5.91 Å². The summed E-state index contributed by atoms with van der Waals surface area (Å²) < 4.78 is 5.87. The lowest BCUT2D eigenvalue weighted by Crippen LogP contribution is -2.26. The highest BCUT2D eigenvalue weighted by Gasteiger charge is 2.13. The van der Waals surface area contributed by atoms with Crippen molar-refractivity contribution < 1.29 is 9.53 Å². The van der Waals surface area contributed by atoms with Gasteiger partial charge in [-0.3, -0.25) is 4.79 Å². The van der Waals surface area contributed by atoms with Crippen LogP contribution in [-0.2, 0) is 13.0 Å². The molecule has 5 heteroatoms. The van der Waals surface area contributed by atoms with Gasteiger partial charge in [-0.1, -0.05) is 72.3 Å². The molecule has 1 aromatic heterocycles. The average Bonchev–Trinajstić information content (AvgIpc) is 2.79. The maximum Gasteiger partial charge on any atom is 0.252 e. The Labute approximate surface area is 180 Å². The maximum absolute atomic E-state index is 12.9. The first-order chi connectivity index (χ1) is 14.7. The number of carbonyl (C=O) groups is 1. The lowest BCUT2D eigenvalue weighted by atomic mass is 10.1. The van der Waals surface area contributed by atoms with Gasteiger partial charge >= 0.3 is 0 Å². The summed E-state index contributed by atoms with van der Waals surface area (Å²) in [4.78, 5) is 17.5. The molecule has 0 aliphatic carbocycles. The van der Waals surface area contributed by atoms with Gasteiger partial charge in [0.05, 0.1) is 11.1 Å². The Balaban J connectivity index is 1.49. The SMILES string of the molecule is O=C(NCCc1ccc(Cl)cc1)c1cc(OCc2ccccc2)nc2ccccc12. The van der Waals surface area contributed by atoms with Gasteiger partial charge in [-0.25, -0.2) is 4.98 Å². The number of halogens is 1. The van der Waals surface area contributed by atoms with E-state index >= 15 is 0 Å². The molecule has 1 heterocycles. The van der Waals surface area contributed by atoms with Crippen LogP contribution >= 0.6 is 11.6 Å². The van der Waals surface area contributed by atoms with Crippen LogP contribution in [0.3, 0.4) is 0 Å². The zero-order valence-corrected chi connectivity index (χ0v) is 17.1. The molecule has 0 radical (unpaired) electrons. The number of hydrogen-bond acceptors (Lipinski definition) is 3. The van der Waals surface area contributed by atoms with E-state index in [1.807, 2.05) is 78.9 Å². The second kappa shape index (κ2) is 9.42. The highest BCUT2D eigenvalue weighted by atomic mass is 35.5. The number of para-hydroxylation sites is 1. The molecule has 150 valence electrons. The van der Waals surface area contributed by atoms with E-state index in [1.54, 1.807) is 6.07 Å². The number of aromatic nitrogens is 1. The number of ether oxygens (including phenoxy) is 1. The highest BCUT2D eigenvalue weighted by Crippen LogP contribution is 2.23. The molecule has 0 fully saturated rings. The highest BCUT2D eigenvalue weighted by molar-refractivity contribution is 6.30. The number of benzene rings is 3. The Morgan fingerprint density at radius 2 is 1.63 bits per heavy atom. The number of hydrogen-bond donors (Lipinski definition) is 1. The minimum atomic E-state index is -0.146. The third kappa shape index (κ3) is 4.97. The Kier molecular flexibility index (Phi) is 6.26. The molecule has 0 aliphatic heterocycles. The smallest absolute Gasteiger partial charge is 0.252 e. The van der Waals surface area contributed by atoms with Crippen LogP contribution in [-0.4, -0.2) is 17.4 Å². The van der Waals surface area contributed by atoms with Crippen LogP contribution in [0.25, 0.3) is 10.9 Å². The van der Waals surface area contributed by atoms with Crippen molar-refractivity contribution in [3.05, 3.63) is 107 Å².